The summed E-state index contributed by atoms with van der Waals surface area (Å²) in [6, 6.07) is 40.1. The van der Waals surface area contributed by atoms with E-state index in [2.05, 4.69) is 18.7 Å². The molecule has 2 aliphatic rings. The van der Waals surface area contributed by atoms with Crippen LogP contribution in [-0.2, 0) is 0 Å². The highest BCUT2D eigenvalue weighted by atomic mass is 19.1. The number of allylic oxidation sites excluding steroid dienone is 10. The van der Waals surface area contributed by atoms with E-state index < -0.39 is 11.6 Å². The molecule has 0 unspecified atom stereocenters. The normalized spacial score (nSPS) is 14.1. The average Bonchev–Trinajstić information content (AvgIpc) is 3.52. The van der Waals surface area contributed by atoms with Crippen molar-refractivity contribution < 1.29 is 13.2 Å². The standard InChI is InChI=1S/C46H29F3N2/c1-2-29-3-5-30(6-4-29)31-7-11-34(12-8-31)44-42(36-17-23-40(48)24-18-36)43(37-19-25-41(49)26-20-37)45(46(44)38(27-50)28-51)35-13-9-32(10-14-35)33-15-21-39(47)22-16-33/h2-15,17-21,23-26H,1,16,22H2. The Morgan fingerprint density at radius 2 is 0.882 bits per heavy atom. The van der Waals surface area contributed by atoms with Gasteiger partial charge in [0.15, 0.2) is 0 Å². The second kappa shape index (κ2) is 14.0. The maximum absolute atomic E-state index is 14.4. The first-order chi connectivity index (χ1) is 24.9. The lowest BCUT2D eigenvalue weighted by Crippen LogP contribution is -1.97. The van der Waals surface area contributed by atoms with Crippen LogP contribution in [0.5, 0.6) is 0 Å². The Hall–Kier alpha value is -6.69. The summed E-state index contributed by atoms with van der Waals surface area (Å²) in [6.45, 7) is 3.83. The van der Waals surface area contributed by atoms with Gasteiger partial charge in [0, 0.05) is 23.1 Å². The molecule has 0 amide bonds. The Kier molecular flexibility index (Phi) is 9.04. The second-order valence-corrected chi connectivity index (χ2v) is 12.3. The Morgan fingerprint density at radius 3 is 1.29 bits per heavy atom. The van der Waals surface area contributed by atoms with Gasteiger partial charge in [0.2, 0.25) is 0 Å². The first-order valence-corrected chi connectivity index (χ1v) is 16.4. The average molecular weight is 667 g/mol. The van der Waals surface area contributed by atoms with Gasteiger partial charge < -0.3 is 0 Å². The molecule has 7 rings (SSSR count). The van der Waals surface area contributed by atoms with Gasteiger partial charge >= 0.3 is 0 Å². The van der Waals surface area contributed by atoms with Crippen molar-refractivity contribution in [3.8, 4) is 23.3 Å². The lowest BCUT2D eigenvalue weighted by molar-refractivity contribution is 0.590. The summed E-state index contributed by atoms with van der Waals surface area (Å²) in [5.41, 5.74) is 10.6. The number of halogens is 3. The van der Waals surface area contributed by atoms with Crippen molar-refractivity contribution in [2.24, 2.45) is 0 Å². The molecule has 5 aromatic rings. The van der Waals surface area contributed by atoms with Gasteiger partial charge in [-0.05, 0) is 98.0 Å². The third-order valence-corrected chi connectivity index (χ3v) is 9.29. The quantitative estimate of drug-likeness (QED) is 0.162. The molecule has 0 heterocycles. The Labute approximate surface area is 295 Å². The number of hydrogen-bond donors (Lipinski definition) is 0. The lowest BCUT2D eigenvalue weighted by Gasteiger charge is -2.15. The van der Waals surface area contributed by atoms with Gasteiger partial charge in [-0.15, -0.1) is 0 Å². The predicted octanol–water partition coefficient (Wildman–Crippen LogP) is 12.2. The van der Waals surface area contributed by atoms with E-state index in [9.17, 15) is 23.7 Å². The molecular formula is C46H29F3N2. The molecule has 5 heteroatoms. The number of rotatable bonds is 7. The topological polar surface area (TPSA) is 47.6 Å². The van der Waals surface area contributed by atoms with Crippen LogP contribution >= 0.6 is 0 Å². The van der Waals surface area contributed by atoms with Gasteiger partial charge in [0.25, 0.3) is 0 Å². The highest BCUT2D eigenvalue weighted by Gasteiger charge is 2.35. The van der Waals surface area contributed by atoms with Crippen LogP contribution in [-0.4, -0.2) is 0 Å². The van der Waals surface area contributed by atoms with Crippen molar-refractivity contribution in [2.45, 2.75) is 12.8 Å². The molecule has 0 atom stereocenters. The van der Waals surface area contributed by atoms with Crippen LogP contribution in [0, 0.1) is 34.3 Å². The summed E-state index contributed by atoms with van der Waals surface area (Å²) in [4.78, 5) is 0. The second-order valence-electron chi connectivity index (χ2n) is 12.3. The van der Waals surface area contributed by atoms with Crippen molar-refractivity contribution in [3.05, 3.63) is 202 Å². The molecule has 0 N–H and O–H groups in total. The van der Waals surface area contributed by atoms with Crippen molar-refractivity contribution in [1.82, 2.24) is 0 Å². The number of benzene rings is 5. The van der Waals surface area contributed by atoms with E-state index in [4.69, 9.17) is 0 Å². The highest BCUT2D eigenvalue weighted by Crippen LogP contribution is 2.55. The molecule has 0 spiro atoms. The minimum atomic E-state index is -0.413. The molecule has 0 aromatic heterocycles. The SMILES string of the molecule is C=Cc1ccc(-c2ccc(C3=C(c4ccc(F)cc4)C(c4ccc(F)cc4)=C(c4ccc(C5=CC=C(F)CC5)cc4)C3=C(C#N)C#N)cc2)cc1. The van der Waals surface area contributed by atoms with Gasteiger partial charge in [-0.25, -0.2) is 13.2 Å². The minimum Gasteiger partial charge on any atom is -0.212 e. The molecular weight excluding hydrogens is 638 g/mol. The molecule has 51 heavy (non-hydrogen) atoms. The Morgan fingerprint density at radius 1 is 0.490 bits per heavy atom. The van der Waals surface area contributed by atoms with E-state index in [1.54, 1.807) is 36.4 Å². The molecule has 2 aliphatic carbocycles. The van der Waals surface area contributed by atoms with E-state index in [1.165, 1.54) is 30.3 Å². The van der Waals surface area contributed by atoms with Crippen molar-refractivity contribution in [2.75, 3.05) is 0 Å². The van der Waals surface area contributed by atoms with Crippen LogP contribution in [0.3, 0.4) is 0 Å². The van der Waals surface area contributed by atoms with Crippen LogP contribution in [0.4, 0.5) is 13.2 Å². The van der Waals surface area contributed by atoms with E-state index in [1.807, 2.05) is 72.8 Å². The molecule has 0 saturated carbocycles. The maximum atomic E-state index is 14.4. The number of nitriles is 2. The lowest BCUT2D eigenvalue weighted by atomic mass is 9.87. The summed E-state index contributed by atoms with van der Waals surface area (Å²) in [5, 5.41) is 20.9. The predicted molar refractivity (Wildman–Crippen MR) is 199 cm³/mol. The zero-order chi connectivity index (χ0) is 35.5. The van der Waals surface area contributed by atoms with Crippen LogP contribution < -0.4 is 0 Å². The van der Waals surface area contributed by atoms with Gasteiger partial charge in [-0.2, -0.15) is 10.5 Å². The molecule has 0 bridgehead atoms. The summed E-state index contributed by atoms with van der Waals surface area (Å²) >= 11 is 0. The smallest absolute Gasteiger partial charge is 0.138 e. The maximum Gasteiger partial charge on any atom is 0.138 e. The van der Waals surface area contributed by atoms with Gasteiger partial charge in [0.05, 0.1) is 0 Å². The summed E-state index contributed by atoms with van der Waals surface area (Å²) in [6.07, 6.45) is 5.96. The van der Waals surface area contributed by atoms with Crippen LogP contribution in [0.2, 0.25) is 0 Å². The Bertz CT molecular complexity index is 2390. The van der Waals surface area contributed by atoms with Crippen molar-refractivity contribution >= 4 is 33.9 Å². The van der Waals surface area contributed by atoms with Gasteiger partial charge in [-0.1, -0.05) is 116 Å². The zero-order valence-corrected chi connectivity index (χ0v) is 27.4. The third-order valence-electron chi connectivity index (χ3n) is 9.29. The highest BCUT2D eigenvalue weighted by molar-refractivity contribution is 6.35. The molecule has 0 radical (unpaired) electrons. The summed E-state index contributed by atoms with van der Waals surface area (Å²) < 4.78 is 42.5. The Balaban J connectivity index is 1.50. The van der Waals surface area contributed by atoms with Crippen molar-refractivity contribution in [3.63, 3.8) is 0 Å². The largest absolute Gasteiger partial charge is 0.212 e. The molecule has 2 nitrogen and oxygen atoms in total. The van der Waals surface area contributed by atoms with E-state index in [0.717, 1.165) is 39.0 Å². The number of hydrogen-bond acceptors (Lipinski definition) is 2. The van der Waals surface area contributed by atoms with E-state index in [-0.39, 0.29) is 11.4 Å². The summed E-state index contributed by atoms with van der Waals surface area (Å²) in [5.74, 6) is -0.980. The van der Waals surface area contributed by atoms with E-state index in [0.29, 0.717) is 51.8 Å². The molecule has 5 aromatic carbocycles. The van der Waals surface area contributed by atoms with Crippen molar-refractivity contribution in [1.29, 1.82) is 10.5 Å². The van der Waals surface area contributed by atoms with Gasteiger partial charge in [-0.3, -0.25) is 0 Å². The first-order valence-electron chi connectivity index (χ1n) is 16.4. The summed E-state index contributed by atoms with van der Waals surface area (Å²) in [7, 11) is 0. The zero-order valence-electron chi connectivity index (χ0n) is 27.4. The van der Waals surface area contributed by atoms with Crippen LogP contribution in [0.15, 0.2) is 157 Å². The van der Waals surface area contributed by atoms with Crippen LogP contribution in [0.25, 0.3) is 45.1 Å². The fourth-order valence-corrected chi connectivity index (χ4v) is 6.74. The molecule has 244 valence electrons. The number of nitrogens with zero attached hydrogens (tertiary/aromatic N) is 2. The monoisotopic (exact) mass is 666 g/mol. The fourth-order valence-electron chi connectivity index (χ4n) is 6.74. The van der Waals surface area contributed by atoms with Crippen LogP contribution in [0.1, 0.15) is 46.2 Å². The minimum absolute atomic E-state index is 0.0968. The van der Waals surface area contributed by atoms with E-state index >= 15 is 0 Å². The van der Waals surface area contributed by atoms with Gasteiger partial charge in [0.1, 0.15) is 35.2 Å². The molecule has 0 saturated heterocycles. The first kappa shape index (κ1) is 32.8. The molecule has 0 aliphatic heterocycles. The molecule has 0 fully saturated rings. The third kappa shape index (κ3) is 6.42. The fraction of sp³-hybridized carbons (Fsp3) is 0.0435.